The molecule has 1 atom stereocenters. The number of ether oxygens (including phenoxy) is 1. The van der Waals surface area contributed by atoms with Crippen LogP contribution in [0.3, 0.4) is 0 Å². The molecule has 0 radical (unpaired) electrons. The highest BCUT2D eigenvalue weighted by Crippen LogP contribution is 2.21. The molecule has 4 aromatic rings. The van der Waals surface area contributed by atoms with Crippen molar-refractivity contribution in [3.8, 4) is 11.4 Å². The van der Waals surface area contributed by atoms with Crippen molar-refractivity contribution in [3.05, 3.63) is 107 Å². The van der Waals surface area contributed by atoms with Gasteiger partial charge in [0.25, 0.3) is 11.8 Å². The molecular weight excluding hydrogens is 442 g/mol. The molecule has 0 unspecified atom stereocenters. The van der Waals surface area contributed by atoms with Crippen molar-refractivity contribution in [2.45, 2.75) is 19.1 Å². The summed E-state index contributed by atoms with van der Waals surface area (Å²) >= 11 is 5.99. The Morgan fingerprint density at radius 2 is 1.70 bits per heavy atom. The highest BCUT2D eigenvalue weighted by atomic mass is 35.5. The third-order valence-electron chi connectivity index (χ3n) is 4.82. The number of esters is 1. The molecular formula is C25H20ClN3O4. The molecule has 1 amide bonds. The average Bonchev–Trinajstić information content (AvgIpc) is 3.33. The molecule has 0 bridgehead atoms. The molecule has 0 saturated heterocycles. The number of halogens is 1. The summed E-state index contributed by atoms with van der Waals surface area (Å²) in [6.07, 6.45) is -0.0577. The van der Waals surface area contributed by atoms with E-state index in [4.69, 9.17) is 20.9 Å². The molecule has 0 aliphatic carbocycles. The van der Waals surface area contributed by atoms with Crippen LogP contribution < -0.4 is 5.32 Å². The lowest BCUT2D eigenvalue weighted by Crippen LogP contribution is -2.30. The van der Waals surface area contributed by atoms with Gasteiger partial charge in [0.1, 0.15) is 0 Å². The number of amides is 1. The zero-order valence-electron chi connectivity index (χ0n) is 17.5. The quantitative estimate of drug-likeness (QED) is 0.371. The molecule has 1 heterocycles. The summed E-state index contributed by atoms with van der Waals surface area (Å²) in [5, 5.41) is 7.35. The zero-order chi connectivity index (χ0) is 23.0. The minimum Gasteiger partial charge on any atom is -0.455 e. The molecule has 33 heavy (non-hydrogen) atoms. The van der Waals surface area contributed by atoms with Gasteiger partial charge in [-0.15, -0.1) is 0 Å². The predicted molar refractivity (Wildman–Crippen MR) is 122 cm³/mol. The third kappa shape index (κ3) is 6.05. The highest BCUT2D eigenvalue weighted by molar-refractivity contribution is 6.30. The van der Waals surface area contributed by atoms with Crippen LogP contribution in [-0.4, -0.2) is 22.0 Å². The van der Waals surface area contributed by atoms with Crippen LogP contribution in [0.4, 0.5) is 0 Å². The van der Waals surface area contributed by atoms with E-state index < -0.39 is 12.0 Å². The normalized spacial score (nSPS) is 11.5. The Labute approximate surface area is 195 Å². The summed E-state index contributed by atoms with van der Waals surface area (Å²) in [4.78, 5) is 29.4. The van der Waals surface area contributed by atoms with Crippen molar-refractivity contribution in [2.75, 3.05) is 0 Å². The Hall–Kier alpha value is -3.97. The fourth-order valence-electron chi connectivity index (χ4n) is 3.19. The van der Waals surface area contributed by atoms with E-state index in [9.17, 15) is 9.59 Å². The Kier molecular flexibility index (Phi) is 7.12. The molecule has 166 valence electrons. The van der Waals surface area contributed by atoms with E-state index in [1.54, 1.807) is 48.5 Å². The summed E-state index contributed by atoms with van der Waals surface area (Å²) < 4.78 is 10.5. The summed E-state index contributed by atoms with van der Waals surface area (Å²) in [5.41, 5.74) is 1.99. The highest BCUT2D eigenvalue weighted by Gasteiger charge is 2.21. The number of hydrogen-bond acceptors (Lipinski definition) is 6. The largest absolute Gasteiger partial charge is 0.455 e. The molecule has 0 saturated carbocycles. The maximum atomic E-state index is 12.6. The molecule has 1 aromatic heterocycles. The van der Waals surface area contributed by atoms with E-state index in [0.29, 0.717) is 22.0 Å². The number of nitrogens with zero attached hydrogens (tertiary/aromatic N) is 2. The van der Waals surface area contributed by atoms with Gasteiger partial charge in [-0.3, -0.25) is 9.59 Å². The second-order valence-electron chi connectivity index (χ2n) is 7.19. The fraction of sp³-hybridized carbons (Fsp3) is 0.120. The van der Waals surface area contributed by atoms with Crippen LogP contribution in [0.5, 0.6) is 0 Å². The number of carbonyl (C=O) groups excluding carboxylic acids is 2. The van der Waals surface area contributed by atoms with E-state index in [2.05, 4.69) is 15.5 Å². The van der Waals surface area contributed by atoms with Crippen molar-refractivity contribution < 1.29 is 18.8 Å². The Morgan fingerprint density at radius 1 is 0.970 bits per heavy atom. The monoisotopic (exact) mass is 461 g/mol. The van der Waals surface area contributed by atoms with E-state index in [1.165, 1.54) is 0 Å². The number of benzene rings is 3. The lowest BCUT2D eigenvalue weighted by Gasteiger charge is -2.18. The maximum Gasteiger partial charge on any atom is 0.308 e. The molecule has 8 heteroatoms. The van der Waals surface area contributed by atoms with Gasteiger partial charge < -0.3 is 14.6 Å². The Balaban J connectivity index is 1.39. The molecule has 7 nitrogen and oxygen atoms in total. The maximum absolute atomic E-state index is 12.6. The van der Waals surface area contributed by atoms with Gasteiger partial charge in [0, 0.05) is 16.1 Å². The molecule has 0 aliphatic heterocycles. The number of rotatable bonds is 8. The van der Waals surface area contributed by atoms with Gasteiger partial charge in [0.15, 0.2) is 6.61 Å². The van der Waals surface area contributed by atoms with Gasteiger partial charge in [-0.05, 0) is 29.8 Å². The smallest absolute Gasteiger partial charge is 0.308 e. The van der Waals surface area contributed by atoms with Crippen molar-refractivity contribution in [2.24, 2.45) is 0 Å². The van der Waals surface area contributed by atoms with E-state index in [1.807, 2.05) is 36.4 Å². The standard InChI is InChI=1S/C25H20ClN3O4/c26-20-13-7-12-19(14-20)24-28-22(33-29-24)16-32-23(30)15-21(17-8-3-1-4-9-17)27-25(31)18-10-5-2-6-11-18/h1-14,21H,15-16H2,(H,27,31)/t21-/m1/s1. The Morgan fingerprint density at radius 3 is 2.42 bits per heavy atom. The van der Waals surface area contributed by atoms with Gasteiger partial charge in [0.05, 0.1) is 12.5 Å². The second-order valence-corrected chi connectivity index (χ2v) is 7.63. The third-order valence-corrected chi connectivity index (χ3v) is 5.06. The first-order valence-electron chi connectivity index (χ1n) is 10.2. The number of carbonyl (C=O) groups is 2. The SMILES string of the molecule is O=C(C[C@@H](NC(=O)c1ccccc1)c1ccccc1)OCc1nc(-c2cccc(Cl)c2)no1. The minimum absolute atomic E-state index is 0.0577. The van der Waals surface area contributed by atoms with Crippen molar-refractivity contribution in [1.29, 1.82) is 0 Å². The average molecular weight is 462 g/mol. The van der Waals surface area contributed by atoms with Crippen LogP contribution >= 0.6 is 11.6 Å². The van der Waals surface area contributed by atoms with E-state index in [-0.39, 0.29) is 24.8 Å². The van der Waals surface area contributed by atoms with Crippen LogP contribution in [0.15, 0.2) is 89.5 Å². The van der Waals surface area contributed by atoms with E-state index in [0.717, 1.165) is 5.56 Å². The number of aromatic nitrogens is 2. The van der Waals surface area contributed by atoms with Gasteiger partial charge in [0.2, 0.25) is 5.82 Å². The van der Waals surface area contributed by atoms with Gasteiger partial charge >= 0.3 is 5.97 Å². The Bertz CT molecular complexity index is 1230. The summed E-state index contributed by atoms with van der Waals surface area (Å²) in [6, 6.07) is 24.5. The van der Waals surface area contributed by atoms with Crippen LogP contribution in [0.25, 0.3) is 11.4 Å². The number of nitrogens with one attached hydrogen (secondary N) is 1. The molecule has 1 N–H and O–H groups in total. The van der Waals surface area contributed by atoms with Crippen molar-refractivity contribution in [1.82, 2.24) is 15.5 Å². The zero-order valence-corrected chi connectivity index (χ0v) is 18.2. The summed E-state index contributed by atoms with van der Waals surface area (Å²) in [5.74, 6) is -0.288. The lowest BCUT2D eigenvalue weighted by atomic mass is 10.0. The predicted octanol–water partition coefficient (Wildman–Crippen LogP) is 4.99. The number of hydrogen-bond donors (Lipinski definition) is 1. The summed E-state index contributed by atoms with van der Waals surface area (Å²) in [6.45, 7) is -0.180. The van der Waals surface area contributed by atoms with Crippen molar-refractivity contribution >= 4 is 23.5 Å². The minimum atomic E-state index is -0.559. The van der Waals surface area contributed by atoms with Crippen LogP contribution in [0.1, 0.15) is 34.3 Å². The molecule has 4 rings (SSSR count). The first-order valence-corrected chi connectivity index (χ1v) is 10.6. The van der Waals surface area contributed by atoms with E-state index >= 15 is 0 Å². The molecule has 0 spiro atoms. The molecule has 3 aromatic carbocycles. The van der Waals surface area contributed by atoms with Crippen LogP contribution in [0.2, 0.25) is 5.02 Å². The summed E-state index contributed by atoms with van der Waals surface area (Å²) in [7, 11) is 0. The van der Waals surface area contributed by atoms with Gasteiger partial charge in [-0.2, -0.15) is 4.98 Å². The van der Waals surface area contributed by atoms with Crippen molar-refractivity contribution in [3.63, 3.8) is 0 Å². The topological polar surface area (TPSA) is 94.3 Å². The first kappa shape index (κ1) is 22.2. The first-order chi connectivity index (χ1) is 16.1. The lowest BCUT2D eigenvalue weighted by molar-refractivity contribution is -0.146. The van der Waals surface area contributed by atoms with Crippen LogP contribution in [0, 0.1) is 0 Å². The second kappa shape index (κ2) is 10.6. The molecule has 0 aliphatic rings. The van der Waals surface area contributed by atoms with Gasteiger partial charge in [-0.25, -0.2) is 0 Å². The molecule has 0 fully saturated rings. The fourth-order valence-corrected chi connectivity index (χ4v) is 3.39. The van der Waals surface area contributed by atoms with Crippen LogP contribution in [-0.2, 0) is 16.1 Å². The van der Waals surface area contributed by atoms with Gasteiger partial charge in [-0.1, -0.05) is 77.4 Å².